The van der Waals surface area contributed by atoms with E-state index in [1.54, 1.807) is 24.3 Å². The SMILES string of the molecule is Nc1ccc(C(=O)N2CC[C@H](F)C2)cc1. The van der Waals surface area contributed by atoms with Crippen molar-refractivity contribution >= 4 is 11.6 Å². The van der Waals surface area contributed by atoms with Gasteiger partial charge in [0, 0.05) is 17.8 Å². The van der Waals surface area contributed by atoms with Gasteiger partial charge in [-0.3, -0.25) is 4.79 Å². The van der Waals surface area contributed by atoms with Crippen LogP contribution in [0.2, 0.25) is 0 Å². The van der Waals surface area contributed by atoms with E-state index in [4.69, 9.17) is 5.73 Å². The first-order chi connectivity index (χ1) is 7.16. The Kier molecular flexibility index (Phi) is 2.58. The number of halogens is 1. The van der Waals surface area contributed by atoms with Crippen molar-refractivity contribution in [2.45, 2.75) is 12.6 Å². The Morgan fingerprint density at radius 2 is 2.07 bits per heavy atom. The molecule has 1 aliphatic heterocycles. The van der Waals surface area contributed by atoms with Gasteiger partial charge in [-0.2, -0.15) is 0 Å². The Labute approximate surface area is 87.7 Å². The highest BCUT2D eigenvalue weighted by atomic mass is 19.1. The number of anilines is 1. The van der Waals surface area contributed by atoms with Crippen LogP contribution in [0.5, 0.6) is 0 Å². The fourth-order valence-electron chi connectivity index (χ4n) is 1.71. The van der Waals surface area contributed by atoms with Gasteiger partial charge in [-0.25, -0.2) is 4.39 Å². The molecule has 0 saturated carbocycles. The predicted octanol–water partition coefficient (Wildman–Crippen LogP) is 1.45. The maximum atomic E-state index is 12.9. The van der Waals surface area contributed by atoms with Crippen molar-refractivity contribution in [1.29, 1.82) is 0 Å². The van der Waals surface area contributed by atoms with Gasteiger partial charge in [0.25, 0.3) is 5.91 Å². The Balaban J connectivity index is 2.11. The summed E-state index contributed by atoms with van der Waals surface area (Å²) in [6.07, 6.45) is -0.427. The van der Waals surface area contributed by atoms with Gasteiger partial charge in [0.1, 0.15) is 6.17 Å². The van der Waals surface area contributed by atoms with E-state index < -0.39 is 6.17 Å². The van der Waals surface area contributed by atoms with Crippen molar-refractivity contribution in [2.24, 2.45) is 0 Å². The van der Waals surface area contributed by atoms with Crippen LogP contribution < -0.4 is 5.73 Å². The summed E-state index contributed by atoms with van der Waals surface area (Å²) in [6, 6.07) is 6.69. The van der Waals surface area contributed by atoms with E-state index in [1.165, 1.54) is 4.90 Å². The highest BCUT2D eigenvalue weighted by Crippen LogP contribution is 2.16. The number of nitrogens with two attached hydrogens (primary N) is 1. The lowest BCUT2D eigenvalue weighted by molar-refractivity contribution is 0.0783. The average Bonchev–Trinajstić information content (AvgIpc) is 2.65. The number of carbonyl (C=O) groups excluding carboxylic acids is 1. The fourth-order valence-corrected chi connectivity index (χ4v) is 1.71. The van der Waals surface area contributed by atoms with Crippen molar-refractivity contribution in [3.63, 3.8) is 0 Å². The molecule has 2 N–H and O–H groups in total. The zero-order valence-electron chi connectivity index (χ0n) is 8.32. The second-order valence-corrected chi connectivity index (χ2v) is 3.76. The van der Waals surface area contributed by atoms with E-state index in [-0.39, 0.29) is 12.5 Å². The van der Waals surface area contributed by atoms with E-state index >= 15 is 0 Å². The van der Waals surface area contributed by atoms with Gasteiger partial charge in [0.2, 0.25) is 0 Å². The largest absolute Gasteiger partial charge is 0.399 e. The molecule has 0 spiro atoms. The van der Waals surface area contributed by atoms with Gasteiger partial charge in [-0.05, 0) is 30.7 Å². The molecule has 4 heteroatoms. The summed E-state index contributed by atoms with van der Waals surface area (Å²) in [5.74, 6) is -0.116. The molecule has 1 amide bonds. The molecular formula is C11H13FN2O. The number of rotatable bonds is 1. The third kappa shape index (κ3) is 2.09. The lowest BCUT2D eigenvalue weighted by Gasteiger charge is -2.14. The molecule has 0 unspecified atom stereocenters. The minimum atomic E-state index is -0.872. The van der Waals surface area contributed by atoms with E-state index in [1.807, 2.05) is 0 Å². The normalized spacial score (nSPS) is 20.6. The summed E-state index contributed by atoms with van der Waals surface area (Å²) in [5, 5.41) is 0. The van der Waals surface area contributed by atoms with Gasteiger partial charge >= 0.3 is 0 Å². The fraction of sp³-hybridized carbons (Fsp3) is 0.364. The number of nitrogen functional groups attached to an aromatic ring is 1. The minimum absolute atomic E-state index is 0.116. The first-order valence-electron chi connectivity index (χ1n) is 4.95. The van der Waals surface area contributed by atoms with Crippen LogP contribution in [0.4, 0.5) is 10.1 Å². The molecule has 1 aromatic carbocycles. The van der Waals surface area contributed by atoms with Crippen LogP contribution in [0.25, 0.3) is 0 Å². The third-order valence-corrected chi connectivity index (χ3v) is 2.58. The Morgan fingerprint density at radius 1 is 1.40 bits per heavy atom. The van der Waals surface area contributed by atoms with E-state index in [2.05, 4.69) is 0 Å². The number of likely N-dealkylation sites (tertiary alicyclic amines) is 1. The molecule has 1 heterocycles. The van der Waals surface area contributed by atoms with Crippen LogP contribution >= 0.6 is 0 Å². The van der Waals surface area contributed by atoms with Crippen molar-refractivity contribution in [3.8, 4) is 0 Å². The van der Waals surface area contributed by atoms with Crippen LogP contribution in [0.1, 0.15) is 16.8 Å². The van der Waals surface area contributed by atoms with Crippen molar-refractivity contribution in [2.75, 3.05) is 18.8 Å². The van der Waals surface area contributed by atoms with Gasteiger partial charge in [0.05, 0.1) is 6.54 Å². The van der Waals surface area contributed by atoms with E-state index in [0.29, 0.717) is 24.2 Å². The molecule has 1 aromatic rings. The molecular weight excluding hydrogens is 195 g/mol. The van der Waals surface area contributed by atoms with Crippen molar-refractivity contribution < 1.29 is 9.18 Å². The lowest BCUT2D eigenvalue weighted by atomic mass is 10.2. The maximum absolute atomic E-state index is 12.9. The molecule has 80 valence electrons. The Hall–Kier alpha value is -1.58. The average molecular weight is 208 g/mol. The number of benzene rings is 1. The second kappa shape index (κ2) is 3.88. The second-order valence-electron chi connectivity index (χ2n) is 3.76. The molecule has 1 saturated heterocycles. The van der Waals surface area contributed by atoms with Crippen LogP contribution in [0.15, 0.2) is 24.3 Å². The van der Waals surface area contributed by atoms with Gasteiger partial charge in [-0.15, -0.1) is 0 Å². The zero-order chi connectivity index (χ0) is 10.8. The number of carbonyl (C=O) groups is 1. The third-order valence-electron chi connectivity index (χ3n) is 2.58. The number of hydrogen-bond acceptors (Lipinski definition) is 2. The zero-order valence-corrected chi connectivity index (χ0v) is 8.32. The quantitative estimate of drug-likeness (QED) is 0.710. The van der Waals surface area contributed by atoms with Crippen molar-refractivity contribution in [3.05, 3.63) is 29.8 Å². The van der Waals surface area contributed by atoms with Crippen LogP contribution in [-0.2, 0) is 0 Å². The van der Waals surface area contributed by atoms with Crippen molar-refractivity contribution in [1.82, 2.24) is 4.90 Å². The van der Waals surface area contributed by atoms with Gasteiger partial charge < -0.3 is 10.6 Å². The minimum Gasteiger partial charge on any atom is -0.399 e. The number of nitrogens with zero attached hydrogens (tertiary/aromatic N) is 1. The molecule has 0 bridgehead atoms. The number of alkyl halides is 1. The predicted molar refractivity (Wildman–Crippen MR) is 56.3 cm³/mol. The monoisotopic (exact) mass is 208 g/mol. The number of amides is 1. The Bertz CT molecular complexity index is 363. The topological polar surface area (TPSA) is 46.3 Å². The molecule has 0 aliphatic carbocycles. The smallest absolute Gasteiger partial charge is 0.253 e. The van der Waals surface area contributed by atoms with Crippen LogP contribution in [0.3, 0.4) is 0 Å². The highest BCUT2D eigenvalue weighted by molar-refractivity contribution is 5.94. The Morgan fingerprint density at radius 3 is 2.60 bits per heavy atom. The summed E-state index contributed by atoms with van der Waals surface area (Å²) in [5.41, 5.74) is 6.71. The molecule has 1 fully saturated rings. The first-order valence-corrected chi connectivity index (χ1v) is 4.95. The number of hydrogen-bond donors (Lipinski definition) is 1. The summed E-state index contributed by atoms with van der Waals surface area (Å²) in [4.78, 5) is 13.4. The summed E-state index contributed by atoms with van der Waals surface area (Å²) < 4.78 is 12.9. The standard InChI is InChI=1S/C11H13FN2O/c12-9-5-6-14(7-9)11(15)8-1-3-10(13)4-2-8/h1-4,9H,5-7,13H2/t9-/m0/s1. The summed E-state index contributed by atoms with van der Waals surface area (Å²) in [7, 11) is 0. The highest BCUT2D eigenvalue weighted by Gasteiger charge is 2.26. The molecule has 3 nitrogen and oxygen atoms in total. The van der Waals surface area contributed by atoms with Gasteiger partial charge in [-0.1, -0.05) is 0 Å². The molecule has 1 atom stereocenters. The molecule has 15 heavy (non-hydrogen) atoms. The summed E-state index contributed by atoms with van der Waals surface area (Å²) in [6.45, 7) is 0.716. The van der Waals surface area contributed by atoms with E-state index in [9.17, 15) is 9.18 Å². The maximum Gasteiger partial charge on any atom is 0.253 e. The molecule has 1 aliphatic rings. The molecule has 0 aromatic heterocycles. The van der Waals surface area contributed by atoms with E-state index in [0.717, 1.165) is 0 Å². The summed E-state index contributed by atoms with van der Waals surface area (Å²) >= 11 is 0. The van der Waals surface area contributed by atoms with Crippen LogP contribution in [0, 0.1) is 0 Å². The first kappa shape index (κ1) is 9.96. The molecule has 0 radical (unpaired) electrons. The molecule has 2 rings (SSSR count). The lowest BCUT2D eigenvalue weighted by Crippen LogP contribution is -2.28. The van der Waals surface area contributed by atoms with Gasteiger partial charge in [0.15, 0.2) is 0 Å². The van der Waals surface area contributed by atoms with Crippen LogP contribution in [-0.4, -0.2) is 30.1 Å².